The molecule has 0 saturated heterocycles. The van der Waals surface area contributed by atoms with E-state index in [0.717, 1.165) is 5.56 Å². The van der Waals surface area contributed by atoms with Gasteiger partial charge in [0.15, 0.2) is 0 Å². The van der Waals surface area contributed by atoms with Crippen molar-refractivity contribution in [1.82, 2.24) is 4.90 Å². The Morgan fingerprint density at radius 2 is 2.11 bits per heavy atom. The van der Waals surface area contributed by atoms with Gasteiger partial charge in [-0.3, -0.25) is 4.79 Å². The maximum Gasteiger partial charge on any atom is 0.240 e. The van der Waals surface area contributed by atoms with Crippen LogP contribution in [0.1, 0.15) is 31.9 Å². The number of benzene rings is 1. The molecule has 4 heteroatoms. The molecule has 0 N–H and O–H groups in total. The van der Waals surface area contributed by atoms with Crippen LogP contribution in [-0.4, -0.2) is 17.9 Å². The second-order valence-corrected chi connectivity index (χ2v) is 4.64. The first-order valence-corrected chi connectivity index (χ1v) is 6.31. The van der Waals surface area contributed by atoms with Crippen molar-refractivity contribution in [2.24, 2.45) is 5.92 Å². The normalized spacial score (nSPS) is 13.5. The molecule has 0 spiro atoms. The van der Waals surface area contributed by atoms with Crippen LogP contribution in [0, 0.1) is 17.2 Å². The third-order valence-corrected chi connectivity index (χ3v) is 3.49. The molecule has 0 aromatic heterocycles. The average molecular weight is 265 g/mol. The predicted octanol–water partition coefficient (Wildman–Crippen LogP) is 3.41. The highest BCUT2D eigenvalue weighted by molar-refractivity contribution is 6.31. The molecular formula is C14H17ClN2O. The Balaban J connectivity index is 2.92. The molecular weight excluding hydrogens is 248 g/mol. The van der Waals surface area contributed by atoms with Crippen molar-refractivity contribution in [3.05, 3.63) is 34.9 Å². The first-order valence-electron chi connectivity index (χ1n) is 5.93. The number of nitrogens with zero attached hydrogens (tertiary/aromatic N) is 2. The molecule has 1 aromatic rings. The van der Waals surface area contributed by atoms with Crippen molar-refractivity contribution in [3.63, 3.8) is 0 Å². The second-order valence-electron chi connectivity index (χ2n) is 4.24. The minimum Gasteiger partial charge on any atom is -0.338 e. The van der Waals surface area contributed by atoms with E-state index >= 15 is 0 Å². The number of carbonyl (C=O) groups excluding carboxylic acids is 1. The van der Waals surface area contributed by atoms with E-state index in [9.17, 15) is 4.79 Å². The van der Waals surface area contributed by atoms with E-state index in [4.69, 9.17) is 16.9 Å². The van der Waals surface area contributed by atoms with Crippen LogP contribution in [0.25, 0.3) is 0 Å². The van der Waals surface area contributed by atoms with Gasteiger partial charge in [0.1, 0.15) is 5.92 Å². The molecule has 0 aliphatic carbocycles. The van der Waals surface area contributed by atoms with Crippen LogP contribution < -0.4 is 0 Å². The molecule has 2 unspecified atom stereocenters. The van der Waals surface area contributed by atoms with Gasteiger partial charge in [0.05, 0.1) is 12.1 Å². The number of rotatable bonds is 4. The van der Waals surface area contributed by atoms with E-state index < -0.39 is 5.92 Å². The van der Waals surface area contributed by atoms with Gasteiger partial charge in [-0.05, 0) is 25.0 Å². The van der Waals surface area contributed by atoms with Gasteiger partial charge < -0.3 is 4.90 Å². The maximum atomic E-state index is 12.1. The summed E-state index contributed by atoms with van der Waals surface area (Å²) in [6, 6.07) is 9.31. The monoisotopic (exact) mass is 264 g/mol. The zero-order valence-electron chi connectivity index (χ0n) is 10.9. The molecule has 0 fully saturated rings. The van der Waals surface area contributed by atoms with E-state index in [1.807, 2.05) is 38.1 Å². The third kappa shape index (κ3) is 3.02. The predicted molar refractivity (Wildman–Crippen MR) is 72.0 cm³/mol. The van der Waals surface area contributed by atoms with Crippen molar-refractivity contribution in [2.75, 3.05) is 7.05 Å². The average Bonchev–Trinajstić information content (AvgIpc) is 2.39. The van der Waals surface area contributed by atoms with Crippen LogP contribution in [-0.2, 0) is 4.79 Å². The zero-order valence-corrected chi connectivity index (χ0v) is 11.6. The van der Waals surface area contributed by atoms with Crippen molar-refractivity contribution < 1.29 is 4.79 Å². The SMILES string of the molecule is CCC(C#N)C(=O)N(C)C(C)c1ccccc1Cl. The van der Waals surface area contributed by atoms with Gasteiger partial charge in [-0.1, -0.05) is 36.7 Å². The Bertz CT molecular complexity index is 467. The van der Waals surface area contributed by atoms with E-state index in [1.54, 1.807) is 18.0 Å². The van der Waals surface area contributed by atoms with Gasteiger partial charge in [0, 0.05) is 12.1 Å². The van der Waals surface area contributed by atoms with Crippen molar-refractivity contribution in [1.29, 1.82) is 5.26 Å². The van der Waals surface area contributed by atoms with Crippen LogP contribution in [0.2, 0.25) is 5.02 Å². The van der Waals surface area contributed by atoms with E-state index in [0.29, 0.717) is 11.4 Å². The highest BCUT2D eigenvalue weighted by Crippen LogP contribution is 2.27. The molecule has 0 radical (unpaired) electrons. The summed E-state index contributed by atoms with van der Waals surface area (Å²) in [5, 5.41) is 9.56. The lowest BCUT2D eigenvalue weighted by atomic mass is 10.0. The Kier molecular flexibility index (Phi) is 5.18. The van der Waals surface area contributed by atoms with E-state index in [1.165, 1.54) is 0 Å². The fourth-order valence-electron chi connectivity index (χ4n) is 1.78. The van der Waals surface area contributed by atoms with Crippen molar-refractivity contribution in [3.8, 4) is 6.07 Å². The summed E-state index contributed by atoms with van der Waals surface area (Å²) < 4.78 is 0. The van der Waals surface area contributed by atoms with Crippen LogP contribution in [0.3, 0.4) is 0 Å². The zero-order chi connectivity index (χ0) is 13.7. The number of hydrogen-bond donors (Lipinski definition) is 0. The molecule has 0 aliphatic heterocycles. The quantitative estimate of drug-likeness (QED) is 0.836. The smallest absolute Gasteiger partial charge is 0.240 e. The first kappa shape index (κ1) is 14.5. The summed E-state index contributed by atoms with van der Waals surface area (Å²) in [5.74, 6) is -0.743. The molecule has 1 amide bonds. The lowest BCUT2D eigenvalue weighted by Crippen LogP contribution is -2.34. The van der Waals surface area contributed by atoms with Crippen LogP contribution in [0.15, 0.2) is 24.3 Å². The molecule has 1 rings (SSSR count). The van der Waals surface area contributed by atoms with Gasteiger partial charge in [0.25, 0.3) is 0 Å². The molecule has 0 aliphatic rings. The fourth-order valence-corrected chi connectivity index (χ4v) is 2.07. The van der Waals surface area contributed by atoms with E-state index in [2.05, 4.69) is 0 Å². The first-order chi connectivity index (χ1) is 8.52. The molecule has 18 heavy (non-hydrogen) atoms. The Morgan fingerprint density at radius 3 is 2.61 bits per heavy atom. The van der Waals surface area contributed by atoms with Gasteiger partial charge in [0.2, 0.25) is 5.91 Å². The van der Waals surface area contributed by atoms with Gasteiger partial charge in [-0.2, -0.15) is 5.26 Å². The summed E-state index contributed by atoms with van der Waals surface area (Å²) in [5.41, 5.74) is 0.891. The summed E-state index contributed by atoms with van der Waals surface area (Å²) in [7, 11) is 1.70. The number of nitriles is 1. The molecule has 3 nitrogen and oxygen atoms in total. The van der Waals surface area contributed by atoms with Crippen LogP contribution in [0.5, 0.6) is 0 Å². The summed E-state index contributed by atoms with van der Waals surface area (Å²) in [6.07, 6.45) is 0.523. The lowest BCUT2D eigenvalue weighted by Gasteiger charge is -2.27. The van der Waals surface area contributed by atoms with Crippen molar-refractivity contribution in [2.45, 2.75) is 26.3 Å². The highest BCUT2D eigenvalue weighted by Gasteiger charge is 2.25. The standard InChI is InChI=1S/C14H17ClN2O/c1-4-11(9-16)14(18)17(3)10(2)12-7-5-6-8-13(12)15/h5-8,10-11H,4H2,1-3H3. The minimum atomic E-state index is -0.583. The Labute approximate surface area is 113 Å². The topological polar surface area (TPSA) is 44.1 Å². The van der Waals surface area contributed by atoms with Crippen LogP contribution >= 0.6 is 11.6 Å². The summed E-state index contributed by atoms with van der Waals surface area (Å²) in [6.45, 7) is 3.74. The summed E-state index contributed by atoms with van der Waals surface area (Å²) >= 11 is 6.11. The van der Waals surface area contributed by atoms with Gasteiger partial charge in [-0.15, -0.1) is 0 Å². The number of halogens is 1. The highest BCUT2D eigenvalue weighted by atomic mass is 35.5. The molecule has 2 atom stereocenters. The largest absolute Gasteiger partial charge is 0.338 e. The molecule has 0 bridgehead atoms. The van der Waals surface area contributed by atoms with Gasteiger partial charge >= 0.3 is 0 Å². The van der Waals surface area contributed by atoms with Gasteiger partial charge in [-0.25, -0.2) is 0 Å². The number of hydrogen-bond acceptors (Lipinski definition) is 2. The third-order valence-electron chi connectivity index (χ3n) is 3.15. The Morgan fingerprint density at radius 1 is 1.50 bits per heavy atom. The number of carbonyl (C=O) groups is 1. The summed E-state index contributed by atoms with van der Waals surface area (Å²) in [4.78, 5) is 13.7. The lowest BCUT2D eigenvalue weighted by molar-refractivity contribution is -0.134. The van der Waals surface area contributed by atoms with E-state index in [-0.39, 0.29) is 11.9 Å². The molecule has 0 heterocycles. The minimum absolute atomic E-state index is 0.145. The van der Waals surface area contributed by atoms with Crippen LogP contribution in [0.4, 0.5) is 0 Å². The fraction of sp³-hybridized carbons (Fsp3) is 0.429. The second kappa shape index (κ2) is 6.42. The Hall–Kier alpha value is -1.53. The molecule has 0 saturated carbocycles. The van der Waals surface area contributed by atoms with Crippen molar-refractivity contribution >= 4 is 17.5 Å². The molecule has 96 valence electrons. The molecule has 1 aromatic carbocycles. The maximum absolute atomic E-state index is 12.1. The number of amides is 1.